The van der Waals surface area contributed by atoms with Crippen molar-refractivity contribution in [3.63, 3.8) is 0 Å². The standard InChI is InChI=1S/C16H17N5O3S2/c1-21-9-18-11-4-3-5-12(15(11)21)19-16(25)20-13-8-10(26(17,22)23)6-7-14(13)24-2/h3-9H,1-2H3,(H2,17,22,23)(H2,19,20,25). The number of methoxy groups -OCH3 is 1. The van der Waals surface area contributed by atoms with Crippen LogP contribution in [0.2, 0.25) is 0 Å². The third kappa shape index (κ3) is 3.62. The Morgan fingerprint density at radius 1 is 1.23 bits per heavy atom. The minimum atomic E-state index is -3.84. The van der Waals surface area contributed by atoms with Gasteiger partial charge in [-0.1, -0.05) is 6.07 Å². The van der Waals surface area contributed by atoms with Gasteiger partial charge in [0.25, 0.3) is 0 Å². The van der Waals surface area contributed by atoms with Crippen LogP contribution in [0.15, 0.2) is 47.6 Å². The van der Waals surface area contributed by atoms with Gasteiger partial charge in [0, 0.05) is 7.05 Å². The molecular formula is C16H17N5O3S2. The van der Waals surface area contributed by atoms with Crippen molar-refractivity contribution in [2.24, 2.45) is 12.2 Å². The van der Waals surface area contributed by atoms with Crippen molar-refractivity contribution >= 4 is 49.8 Å². The smallest absolute Gasteiger partial charge is 0.238 e. The molecule has 1 aromatic heterocycles. The molecule has 0 radical (unpaired) electrons. The van der Waals surface area contributed by atoms with Crippen LogP contribution in [0.5, 0.6) is 5.75 Å². The molecule has 0 fully saturated rings. The van der Waals surface area contributed by atoms with Crippen molar-refractivity contribution in [3.05, 3.63) is 42.7 Å². The Bertz CT molecular complexity index is 1090. The second kappa shape index (κ2) is 6.90. The Morgan fingerprint density at radius 3 is 2.65 bits per heavy atom. The van der Waals surface area contributed by atoms with Gasteiger partial charge in [0.1, 0.15) is 5.75 Å². The predicted octanol–water partition coefficient (Wildman–Crippen LogP) is 2.04. The molecule has 0 aliphatic rings. The number of aryl methyl sites for hydroxylation is 1. The normalized spacial score (nSPS) is 11.3. The molecule has 136 valence electrons. The lowest BCUT2D eigenvalue weighted by Crippen LogP contribution is -2.20. The van der Waals surface area contributed by atoms with Crippen LogP contribution in [0.1, 0.15) is 0 Å². The van der Waals surface area contributed by atoms with E-state index in [-0.39, 0.29) is 10.0 Å². The SMILES string of the molecule is COc1ccc(S(N)(=O)=O)cc1NC(=S)Nc1cccc2ncn(C)c12. The first-order chi connectivity index (χ1) is 12.3. The molecule has 26 heavy (non-hydrogen) atoms. The number of sulfonamides is 1. The number of nitrogens with zero attached hydrogens (tertiary/aromatic N) is 2. The van der Waals surface area contributed by atoms with Crippen LogP contribution in [0.25, 0.3) is 11.0 Å². The van der Waals surface area contributed by atoms with Gasteiger partial charge in [0.2, 0.25) is 10.0 Å². The van der Waals surface area contributed by atoms with Crippen LogP contribution < -0.4 is 20.5 Å². The summed E-state index contributed by atoms with van der Waals surface area (Å²) in [6, 6.07) is 9.87. The van der Waals surface area contributed by atoms with Gasteiger partial charge in [-0.2, -0.15) is 0 Å². The van der Waals surface area contributed by atoms with Crippen molar-refractivity contribution in [1.29, 1.82) is 0 Å². The zero-order valence-corrected chi connectivity index (χ0v) is 15.7. The van der Waals surface area contributed by atoms with Crippen LogP contribution >= 0.6 is 12.2 Å². The molecule has 0 aliphatic heterocycles. The number of hydrogen-bond acceptors (Lipinski definition) is 5. The van der Waals surface area contributed by atoms with Crippen LogP contribution in [0, 0.1) is 0 Å². The maximum atomic E-state index is 11.6. The molecule has 10 heteroatoms. The van der Waals surface area contributed by atoms with Gasteiger partial charge in [-0.25, -0.2) is 18.5 Å². The van der Waals surface area contributed by atoms with Crippen LogP contribution in [0.3, 0.4) is 0 Å². The lowest BCUT2D eigenvalue weighted by atomic mass is 10.2. The van der Waals surface area contributed by atoms with E-state index in [1.165, 1.54) is 25.3 Å². The highest BCUT2D eigenvalue weighted by Gasteiger charge is 2.14. The second-order valence-corrected chi connectivity index (χ2v) is 7.48. The van der Waals surface area contributed by atoms with E-state index in [4.69, 9.17) is 22.1 Å². The summed E-state index contributed by atoms with van der Waals surface area (Å²) < 4.78 is 30.3. The molecule has 2 aromatic carbocycles. The van der Waals surface area contributed by atoms with Crippen molar-refractivity contribution in [3.8, 4) is 5.75 Å². The third-order valence-electron chi connectivity index (χ3n) is 3.73. The Kier molecular flexibility index (Phi) is 4.81. The molecule has 0 bridgehead atoms. The van der Waals surface area contributed by atoms with Crippen molar-refractivity contribution in [2.45, 2.75) is 4.90 Å². The molecule has 0 atom stereocenters. The fourth-order valence-electron chi connectivity index (χ4n) is 2.55. The lowest BCUT2D eigenvalue weighted by Gasteiger charge is -2.15. The molecule has 0 aliphatic carbocycles. The quantitative estimate of drug-likeness (QED) is 0.584. The Balaban J connectivity index is 1.89. The number of nitrogens with one attached hydrogen (secondary N) is 2. The largest absolute Gasteiger partial charge is 0.495 e. The van der Waals surface area contributed by atoms with E-state index in [1.807, 2.05) is 29.8 Å². The van der Waals surface area contributed by atoms with E-state index >= 15 is 0 Å². The maximum Gasteiger partial charge on any atom is 0.238 e. The Morgan fingerprint density at radius 2 is 1.96 bits per heavy atom. The number of benzene rings is 2. The average Bonchev–Trinajstić information content (AvgIpc) is 2.96. The van der Waals surface area contributed by atoms with Crippen molar-refractivity contribution in [2.75, 3.05) is 17.7 Å². The first kappa shape index (κ1) is 18.1. The average molecular weight is 391 g/mol. The zero-order chi connectivity index (χ0) is 18.9. The third-order valence-corrected chi connectivity index (χ3v) is 4.85. The number of rotatable bonds is 4. The highest BCUT2D eigenvalue weighted by Crippen LogP contribution is 2.28. The van der Waals surface area contributed by atoms with E-state index in [9.17, 15) is 8.42 Å². The van der Waals surface area contributed by atoms with Crippen LogP contribution in [-0.2, 0) is 17.1 Å². The minimum Gasteiger partial charge on any atom is -0.495 e. The summed E-state index contributed by atoms with van der Waals surface area (Å²) in [5.74, 6) is 0.431. The number of hydrogen-bond donors (Lipinski definition) is 3. The van der Waals surface area contributed by atoms with Gasteiger partial charge < -0.3 is 19.9 Å². The highest BCUT2D eigenvalue weighted by atomic mass is 32.2. The van der Waals surface area contributed by atoms with Gasteiger partial charge in [-0.05, 0) is 42.5 Å². The van der Waals surface area contributed by atoms with Gasteiger partial charge in [-0.15, -0.1) is 0 Å². The number of thiocarbonyl (C=S) groups is 1. The molecule has 4 N–H and O–H groups in total. The Hall–Kier alpha value is -2.69. The number of para-hydroxylation sites is 1. The topological polar surface area (TPSA) is 111 Å². The molecule has 0 unspecified atom stereocenters. The van der Waals surface area contributed by atoms with Crippen LogP contribution in [-0.4, -0.2) is 30.2 Å². The summed E-state index contributed by atoms with van der Waals surface area (Å²) in [5.41, 5.74) is 2.87. The number of imidazole rings is 1. The minimum absolute atomic E-state index is 0.0441. The summed E-state index contributed by atoms with van der Waals surface area (Å²) in [6.07, 6.45) is 1.71. The molecule has 0 saturated heterocycles. The van der Waals surface area contributed by atoms with Gasteiger partial charge in [0.15, 0.2) is 5.11 Å². The van der Waals surface area contributed by atoms with Crippen LogP contribution in [0.4, 0.5) is 11.4 Å². The molecule has 1 heterocycles. The summed E-state index contributed by atoms with van der Waals surface area (Å²) in [4.78, 5) is 4.25. The fraction of sp³-hybridized carbons (Fsp3) is 0.125. The first-order valence-electron chi connectivity index (χ1n) is 7.48. The van der Waals surface area contributed by atoms with Crippen molar-refractivity contribution in [1.82, 2.24) is 9.55 Å². The molecule has 0 spiro atoms. The Labute approximate surface area is 156 Å². The van der Waals surface area contributed by atoms with Gasteiger partial charge in [0.05, 0.1) is 40.7 Å². The maximum absolute atomic E-state index is 11.6. The highest BCUT2D eigenvalue weighted by molar-refractivity contribution is 7.89. The molecule has 8 nitrogen and oxygen atoms in total. The lowest BCUT2D eigenvalue weighted by molar-refractivity contribution is 0.416. The summed E-state index contributed by atoms with van der Waals surface area (Å²) in [6.45, 7) is 0. The number of anilines is 2. The number of primary sulfonamides is 1. The first-order valence-corrected chi connectivity index (χ1v) is 9.44. The van der Waals surface area contributed by atoms with Crippen molar-refractivity contribution < 1.29 is 13.2 Å². The summed E-state index contributed by atoms with van der Waals surface area (Å²) in [7, 11) is -0.482. The van der Waals surface area contributed by atoms with Gasteiger partial charge in [-0.3, -0.25) is 0 Å². The molecule has 0 saturated carbocycles. The zero-order valence-electron chi connectivity index (χ0n) is 14.1. The van der Waals surface area contributed by atoms with E-state index in [0.29, 0.717) is 11.4 Å². The summed E-state index contributed by atoms with van der Waals surface area (Å²) >= 11 is 5.35. The molecule has 3 aromatic rings. The molecule has 3 rings (SSSR count). The van der Waals surface area contributed by atoms with E-state index in [2.05, 4.69) is 15.6 Å². The number of fused-ring (bicyclic) bond motifs is 1. The number of ether oxygens (including phenoxy) is 1. The predicted molar refractivity (Wildman–Crippen MR) is 105 cm³/mol. The monoisotopic (exact) mass is 391 g/mol. The number of nitrogens with two attached hydrogens (primary N) is 1. The van der Waals surface area contributed by atoms with E-state index in [1.54, 1.807) is 6.33 Å². The van der Waals surface area contributed by atoms with E-state index < -0.39 is 10.0 Å². The fourth-order valence-corrected chi connectivity index (χ4v) is 3.31. The number of aromatic nitrogens is 2. The molecular weight excluding hydrogens is 374 g/mol. The van der Waals surface area contributed by atoms with E-state index in [0.717, 1.165) is 16.7 Å². The molecule has 0 amide bonds. The second-order valence-electron chi connectivity index (χ2n) is 5.52. The summed E-state index contributed by atoms with van der Waals surface area (Å²) in [5, 5.41) is 11.5. The van der Waals surface area contributed by atoms with Gasteiger partial charge >= 0.3 is 0 Å².